The SMILES string of the molecule is c1cncc(-c2ccc(-c3nc(-c4cc5ccccc5c5ccccc45)nc(-c4cc5ccccc5c5ccccc45)n3)cc2)c1. The molecule has 4 nitrogen and oxygen atoms in total. The molecule has 0 saturated carbocycles. The van der Waals surface area contributed by atoms with Gasteiger partial charge < -0.3 is 0 Å². The summed E-state index contributed by atoms with van der Waals surface area (Å²) in [7, 11) is 0. The van der Waals surface area contributed by atoms with E-state index in [9.17, 15) is 0 Å². The zero-order chi connectivity index (χ0) is 30.5. The molecule has 46 heavy (non-hydrogen) atoms. The van der Waals surface area contributed by atoms with Gasteiger partial charge in [-0.2, -0.15) is 0 Å². The Bertz CT molecular complexity index is 2440. The Morgan fingerprint density at radius 1 is 0.326 bits per heavy atom. The van der Waals surface area contributed by atoms with Crippen molar-refractivity contribution >= 4 is 43.1 Å². The van der Waals surface area contributed by atoms with Crippen molar-refractivity contribution in [1.82, 2.24) is 19.9 Å². The first-order chi connectivity index (χ1) is 22.8. The first kappa shape index (κ1) is 26.2. The highest BCUT2D eigenvalue weighted by atomic mass is 15.0. The van der Waals surface area contributed by atoms with Crippen molar-refractivity contribution < 1.29 is 0 Å². The standard InChI is InChI=1S/C42H26N4/c1-3-13-32-29(10-1)24-38(36-17-7-5-15-34(32)36)41-44-40(28-21-19-27(20-22-28)31-12-9-23-43-26-31)45-42(46-41)39-25-30-11-2-4-14-33(30)35-16-6-8-18-37(35)39/h1-26H. The predicted molar refractivity (Wildman–Crippen MR) is 189 cm³/mol. The Balaban J connectivity index is 1.32. The fourth-order valence-corrected chi connectivity index (χ4v) is 6.57. The van der Waals surface area contributed by atoms with Gasteiger partial charge in [0.15, 0.2) is 17.5 Å². The van der Waals surface area contributed by atoms with Crippen molar-refractivity contribution in [2.45, 2.75) is 0 Å². The first-order valence-electron chi connectivity index (χ1n) is 15.4. The summed E-state index contributed by atoms with van der Waals surface area (Å²) in [5, 5.41) is 9.30. The van der Waals surface area contributed by atoms with Gasteiger partial charge in [-0.1, -0.05) is 127 Å². The minimum absolute atomic E-state index is 0.632. The van der Waals surface area contributed by atoms with Gasteiger partial charge in [0, 0.05) is 29.1 Å². The van der Waals surface area contributed by atoms with E-state index in [1.54, 1.807) is 6.20 Å². The van der Waals surface area contributed by atoms with Crippen molar-refractivity contribution in [1.29, 1.82) is 0 Å². The summed E-state index contributed by atoms with van der Waals surface area (Å²) in [4.78, 5) is 19.9. The van der Waals surface area contributed by atoms with Gasteiger partial charge >= 0.3 is 0 Å². The van der Waals surface area contributed by atoms with Crippen LogP contribution in [0.15, 0.2) is 158 Å². The maximum absolute atomic E-state index is 5.25. The number of hydrogen-bond acceptors (Lipinski definition) is 4. The second-order valence-electron chi connectivity index (χ2n) is 11.5. The molecule has 2 heterocycles. The van der Waals surface area contributed by atoms with Gasteiger partial charge in [0.1, 0.15) is 0 Å². The topological polar surface area (TPSA) is 51.6 Å². The number of nitrogens with zero attached hydrogens (tertiary/aromatic N) is 4. The highest BCUT2D eigenvalue weighted by Gasteiger charge is 2.18. The number of benzene rings is 7. The predicted octanol–water partition coefficient (Wildman–Crippen LogP) is 10.5. The molecule has 9 aromatic rings. The van der Waals surface area contributed by atoms with E-state index in [0.29, 0.717) is 17.5 Å². The molecule has 214 valence electrons. The van der Waals surface area contributed by atoms with Gasteiger partial charge in [0.2, 0.25) is 0 Å². The number of fused-ring (bicyclic) bond motifs is 6. The van der Waals surface area contributed by atoms with Crippen molar-refractivity contribution in [2.75, 3.05) is 0 Å². The maximum atomic E-state index is 5.25. The van der Waals surface area contributed by atoms with Crippen LogP contribution in [-0.2, 0) is 0 Å². The summed E-state index contributed by atoms with van der Waals surface area (Å²) < 4.78 is 0. The third-order valence-corrected chi connectivity index (χ3v) is 8.79. The van der Waals surface area contributed by atoms with Gasteiger partial charge in [-0.3, -0.25) is 4.98 Å². The third-order valence-electron chi connectivity index (χ3n) is 8.79. The summed E-state index contributed by atoms with van der Waals surface area (Å²) in [5.74, 6) is 1.93. The number of rotatable bonds is 4. The van der Waals surface area contributed by atoms with E-state index in [0.717, 1.165) is 49.4 Å². The molecule has 0 amide bonds. The molecule has 4 heteroatoms. The lowest BCUT2D eigenvalue weighted by Gasteiger charge is -2.14. The highest BCUT2D eigenvalue weighted by molar-refractivity contribution is 6.14. The van der Waals surface area contributed by atoms with Gasteiger partial charge in [-0.05, 0) is 72.4 Å². The second kappa shape index (κ2) is 10.7. The van der Waals surface area contributed by atoms with Crippen LogP contribution in [0.4, 0.5) is 0 Å². The second-order valence-corrected chi connectivity index (χ2v) is 11.5. The average molecular weight is 587 g/mol. The molecule has 0 atom stereocenters. The highest BCUT2D eigenvalue weighted by Crippen LogP contribution is 2.38. The van der Waals surface area contributed by atoms with Gasteiger partial charge in [0.05, 0.1) is 0 Å². The quantitative estimate of drug-likeness (QED) is 0.193. The van der Waals surface area contributed by atoms with Crippen LogP contribution in [0, 0.1) is 0 Å². The summed E-state index contributed by atoms with van der Waals surface area (Å²) >= 11 is 0. The molecule has 7 aromatic carbocycles. The number of pyridine rings is 1. The molecule has 0 unspecified atom stereocenters. The molecule has 9 rings (SSSR count). The van der Waals surface area contributed by atoms with E-state index >= 15 is 0 Å². The molecule has 0 bridgehead atoms. The summed E-state index contributed by atoms with van der Waals surface area (Å²) in [6.45, 7) is 0. The van der Waals surface area contributed by atoms with Crippen LogP contribution in [0.25, 0.3) is 88.4 Å². The lowest BCUT2D eigenvalue weighted by Crippen LogP contribution is -2.01. The lowest BCUT2D eigenvalue weighted by atomic mass is 9.96. The van der Waals surface area contributed by atoms with E-state index in [-0.39, 0.29) is 0 Å². The van der Waals surface area contributed by atoms with Crippen molar-refractivity contribution in [2.24, 2.45) is 0 Å². The molecular formula is C42H26N4. The fraction of sp³-hybridized carbons (Fsp3) is 0. The number of hydrogen-bond donors (Lipinski definition) is 0. The van der Waals surface area contributed by atoms with Crippen LogP contribution in [0.3, 0.4) is 0 Å². The van der Waals surface area contributed by atoms with E-state index < -0.39 is 0 Å². The first-order valence-corrected chi connectivity index (χ1v) is 15.4. The Morgan fingerprint density at radius 3 is 1.30 bits per heavy atom. The van der Waals surface area contributed by atoms with Crippen LogP contribution in [-0.4, -0.2) is 19.9 Å². The Kier molecular flexibility index (Phi) is 6.10. The van der Waals surface area contributed by atoms with E-state index in [1.807, 2.05) is 12.3 Å². The molecule has 0 N–H and O–H groups in total. The molecule has 0 fully saturated rings. The zero-order valence-electron chi connectivity index (χ0n) is 24.8. The largest absolute Gasteiger partial charge is 0.264 e. The Labute approximate surface area is 265 Å². The molecule has 0 aliphatic carbocycles. The van der Waals surface area contributed by atoms with Crippen LogP contribution >= 0.6 is 0 Å². The summed E-state index contributed by atoms with van der Waals surface area (Å²) in [6, 6.07) is 50.9. The van der Waals surface area contributed by atoms with Gasteiger partial charge in [-0.15, -0.1) is 0 Å². The summed E-state index contributed by atoms with van der Waals surface area (Å²) in [6.07, 6.45) is 3.67. The zero-order valence-corrected chi connectivity index (χ0v) is 24.8. The molecule has 2 aromatic heterocycles. The Hall–Kier alpha value is -6.26. The third kappa shape index (κ3) is 4.39. The normalized spacial score (nSPS) is 11.5. The number of aromatic nitrogens is 4. The maximum Gasteiger partial charge on any atom is 0.164 e. The average Bonchev–Trinajstić information content (AvgIpc) is 3.14. The fourth-order valence-electron chi connectivity index (χ4n) is 6.57. The monoisotopic (exact) mass is 586 g/mol. The van der Waals surface area contributed by atoms with Crippen molar-refractivity contribution in [3.8, 4) is 45.3 Å². The van der Waals surface area contributed by atoms with Gasteiger partial charge in [-0.25, -0.2) is 15.0 Å². The van der Waals surface area contributed by atoms with Crippen molar-refractivity contribution in [3.63, 3.8) is 0 Å². The van der Waals surface area contributed by atoms with Crippen LogP contribution in [0.2, 0.25) is 0 Å². The van der Waals surface area contributed by atoms with Crippen LogP contribution in [0.5, 0.6) is 0 Å². The summed E-state index contributed by atoms with van der Waals surface area (Å²) in [5.41, 5.74) is 5.05. The molecule has 0 spiro atoms. The molecule has 0 aliphatic heterocycles. The molecule has 0 saturated heterocycles. The van der Waals surface area contributed by atoms with E-state index in [1.165, 1.54) is 21.5 Å². The van der Waals surface area contributed by atoms with Crippen LogP contribution in [0.1, 0.15) is 0 Å². The lowest BCUT2D eigenvalue weighted by molar-refractivity contribution is 1.08. The Morgan fingerprint density at radius 2 is 0.783 bits per heavy atom. The van der Waals surface area contributed by atoms with Gasteiger partial charge in [0.25, 0.3) is 0 Å². The van der Waals surface area contributed by atoms with E-state index in [4.69, 9.17) is 15.0 Å². The molecule has 0 aliphatic rings. The minimum Gasteiger partial charge on any atom is -0.264 e. The molecule has 0 radical (unpaired) electrons. The minimum atomic E-state index is 0.632. The van der Waals surface area contributed by atoms with Crippen LogP contribution < -0.4 is 0 Å². The molecular weight excluding hydrogens is 560 g/mol. The smallest absolute Gasteiger partial charge is 0.164 e. The van der Waals surface area contributed by atoms with Crippen molar-refractivity contribution in [3.05, 3.63) is 158 Å². The van der Waals surface area contributed by atoms with E-state index in [2.05, 4.69) is 145 Å².